The zero-order valence-corrected chi connectivity index (χ0v) is 19.2. The summed E-state index contributed by atoms with van der Waals surface area (Å²) in [6, 6.07) is 18.4. The van der Waals surface area contributed by atoms with E-state index in [-0.39, 0.29) is 11.8 Å². The molecule has 33 heavy (non-hydrogen) atoms. The molecule has 6 nitrogen and oxygen atoms in total. The van der Waals surface area contributed by atoms with Crippen molar-refractivity contribution in [3.8, 4) is 6.07 Å². The van der Waals surface area contributed by atoms with Gasteiger partial charge < -0.3 is 9.88 Å². The third kappa shape index (κ3) is 6.30. The van der Waals surface area contributed by atoms with Gasteiger partial charge in [0, 0.05) is 44.5 Å². The van der Waals surface area contributed by atoms with Crippen molar-refractivity contribution in [2.45, 2.75) is 39.3 Å². The molecular formula is C27H31N5O. The van der Waals surface area contributed by atoms with Crippen LogP contribution in [0.3, 0.4) is 0 Å². The maximum absolute atomic E-state index is 12.8. The highest BCUT2D eigenvalue weighted by Gasteiger charge is 2.25. The maximum Gasteiger partial charge on any atom is 0.224 e. The molecule has 6 heteroatoms. The molecule has 1 atom stereocenters. The summed E-state index contributed by atoms with van der Waals surface area (Å²) < 4.78 is 2.09. The molecule has 2 heterocycles. The average molecular weight is 442 g/mol. The molecule has 0 bridgehead atoms. The quantitative estimate of drug-likeness (QED) is 0.579. The number of aryl methyl sites for hydroxylation is 1. The highest BCUT2D eigenvalue weighted by Crippen LogP contribution is 2.19. The highest BCUT2D eigenvalue weighted by atomic mass is 16.1. The van der Waals surface area contributed by atoms with Gasteiger partial charge in [-0.1, -0.05) is 42.0 Å². The Morgan fingerprint density at radius 1 is 1.18 bits per heavy atom. The van der Waals surface area contributed by atoms with E-state index in [4.69, 9.17) is 5.26 Å². The number of carbonyl (C=O) groups is 1. The van der Waals surface area contributed by atoms with Crippen molar-refractivity contribution in [2.75, 3.05) is 19.6 Å². The Labute approximate surface area is 195 Å². The topological polar surface area (TPSA) is 74.0 Å². The van der Waals surface area contributed by atoms with Gasteiger partial charge in [-0.15, -0.1) is 0 Å². The first kappa shape index (κ1) is 22.8. The first-order valence-corrected chi connectivity index (χ1v) is 11.6. The van der Waals surface area contributed by atoms with Crippen LogP contribution in [-0.4, -0.2) is 40.0 Å². The maximum atomic E-state index is 12.8. The molecule has 1 aliphatic heterocycles. The summed E-state index contributed by atoms with van der Waals surface area (Å²) in [5, 5.41) is 12.1. The van der Waals surface area contributed by atoms with Crippen LogP contribution >= 0.6 is 0 Å². The van der Waals surface area contributed by atoms with Crippen molar-refractivity contribution < 1.29 is 4.79 Å². The van der Waals surface area contributed by atoms with E-state index in [9.17, 15) is 4.79 Å². The molecule has 0 spiro atoms. The lowest BCUT2D eigenvalue weighted by Gasteiger charge is -2.32. The summed E-state index contributed by atoms with van der Waals surface area (Å²) in [5.74, 6) is 0.203. The molecule has 2 aromatic carbocycles. The van der Waals surface area contributed by atoms with Gasteiger partial charge >= 0.3 is 0 Å². The molecular weight excluding hydrogens is 410 g/mol. The third-order valence-corrected chi connectivity index (χ3v) is 6.28. The Kier molecular flexibility index (Phi) is 7.54. The smallest absolute Gasteiger partial charge is 0.224 e. The fourth-order valence-corrected chi connectivity index (χ4v) is 4.52. The van der Waals surface area contributed by atoms with Gasteiger partial charge in [0.25, 0.3) is 0 Å². The monoisotopic (exact) mass is 441 g/mol. The van der Waals surface area contributed by atoms with Crippen molar-refractivity contribution >= 4 is 5.91 Å². The summed E-state index contributed by atoms with van der Waals surface area (Å²) in [6.45, 7) is 6.19. The summed E-state index contributed by atoms with van der Waals surface area (Å²) in [7, 11) is 0. The van der Waals surface area contributed by atoms with Crippen LogP contribution in [-0.2, 0) is 24.3 Å². The summed E-state index contributed by atoms with van der Waals surface area (Å²) in [5.41, 5.74) is 5.45. The molecule has 0 saturated carbocycles. The number of hydrogen-bond acceptors (Lipinski definition) is 4. The van der Waals surface area contributed by atoms with Crippen LogP contribution in [0.4, 0.5) is 0 Å². The van der Waals surface area contributed by atoms with Gasteiger partial charge in [0.2, 0.25) is 5.91 Å². The van der Waals surface area contributed by atoms with Crippen molar-refractivity contribution in [1.29, 1.82) is 5.26 Å². The molecule has 0 unspecified atom stereocenters. The van der Waals surface area contributed by atoms with E-state index in [1.165, 1.54) is 11.1 Å². The Balaban J connectivity index is 1.25. The molecule has 0 aliphatic carbocycles. The van der Waals surface area contributed by atoms with E-state index in [1.54, 1.807) is 0 Å². The van der Waals surface area contributed by atoms with Gasteiger partial charge in [-0.25, -0.2) is 4.98 Å². The van der Waals surface area contributed by atoms with E-state index in [0.29, 0.717) is 18.7 Å². The lowest BCUT2D eigenvalue weighted by atomic mass is 9.96. The van der Waals surface area contributed by atoms with Crippen molar-refractivity contribution in [3.05, 3.63) is 89.0 Å². The number of piperidine rings is 1. The van der Waals surface area contributed by atoms with Crippen LogP contribution in [0.5, 0.6) is 0 Å². The number of nitriles is 1. The molecule has 1 aliphatic rings. The molecule has 1 amide bonds. The molecule has 4 rings (SSSR count). The average Bonchev–Trinajstić information content (AvgIpc) is 3.26. The number of rotatable bonds is 8. The minimum atomic E-state index is 0.0483. The van der Waals surface area contributed by atoms with E-state index in [0.717, 1.165) is 50.2 Å². The minimum Gasteiger partial charge on any atom is -0.355 e. The summed E-state index contributed by atoms with van der Waals surface area (Å²) >= 11 is 0. The molecule has 3 aromatic rings. The molecule has 1 N–H and O–H groups in total. The predicted octanol–water partition coefficient (Wildman–Crippen LogP) is 3.68. The number of nitrogens with zero attached hydrogens (tertiary/aromatic N) is 4. The van der Waals surface area contributed by atoms with Crippen molar-refractivity contribution in [1.82, 2.24) is 19.8 Å². The SMILES string of the molecule is Cc1cccc(CN2CCC[C@H](C(=O)NCCc3cncn3Cc3ccc(C#N)cc3)C2)c1. The summed E-state index contributed by atoms with van der Waals surface area (Å²) in [4.78, 5) is 19.5. The van der Waals surface area contributed by atoms with Gasteiger partial charge in [-0.05, 0) is 49.6 Å². The van der Waals surface area contributed by atoms with Gasteiger partial charge in [0.1, 0.15) is 0 Å². The fourth-order valence-electron chi connectivity index (χ4n) is 4.52. The number of amides is 1. The second kappa shape index (κ2) is 10.9. The normalized spacial score (nSPS) is 16.3. The van der Waals surface area contributed by atoms with Gasteiger partial charge in [-0.2, -0.15) is 5.26 Å². The third-order valence-electron chi connectivity index (χ3n) is 6.28. The Hall–Kier alpha value is -3.43. The second-order valence-electron chi connectivity index (χ2n) is 8.93. The number of carbonyl (C=O) groups excluding carboxylic acids is 1. The number of imidazole rings is 1. The van der Waals surface area contributed by atoms with Crippen LogP contribution in [0.2, 0.25) is 0 Å². The zero-order valence-electron chi connectivity index (χ0n) is 19.2. The number of likely N-dealkylation sites (tertiary alicyclic amines) is 1. The number of benzene rings is 2. The van der Waals surface area contributed by atoms with E-state index in [1.807, 2.05) is 36.8 Å². The van der Waals surface area contributed by atoms with Crippen LogP contribution in [0.1, 0.15) is 40.8 Å². The summed E-state index contributed by atoms with van der Waals surface area (Å²) in [6.07, 6.45) is 6.43. The zero-order chi connectivity index (χ0) is 23.0. The van der Waals surface area contributed by atoms with E-state index in [2.05, 4.69) is 57.0 Å². The number of nitrogens with one attached hydrogen (secondary N) is 1. The molecule has 170 valence electrons. The van der Waals surface area contributed by atoms with Crippen LogP contribution < -0.4 is 5.32 Å². The van der Waals surface area contributed by atoms with Crippen molar-refractivity contribution in [3.63, 3.8) is 0 Å². The van der Waals surface area contributed by atoms with E-state index >= 15 is 0 Å². The van der Waals surface area contributed by atoms with Crippen LogP contribution in [0.15, 0.2) is 61.1 Å². The van der Waals surface area contributed by atoms with Gasteiger partial charge in [-0.3, -0.25) is 9.69 Å². The largest absolute Gasteiger partial charge is 0.355 e. The first-order valence-electron chi connectivity index (χ1n) is 11.6. The molecule has 1 saturated heterocycles. The molecule has 1 fully saturated rings. The predicted molar refractivity (Wildman–Crippen MR) is 128 cm³/mol. The molecule has 0 radical (unpaired) electrons. The lowest BCUT2D eigenvalue weighted by molar-refractivity contribution is -0.126. The van der Waals surface area contributed by atoms with E-state index < -0.39 is 0 Å². The Bertz CT molecular complexity index is 1110. The Morgan fingerprint density at radius 2 is 2.03 bits per heavy atom. The minimum absolute atomic E-state index is 0.0483. The first-order chi connectivity index (χ1) is 16.1. The number of hydrogen-bond donors (Lipinski definition) is 1. The Morgan fingerprint density at radius 3 is 2.82 bits per heavy atom. The van der Waals surface area contributed by atoms with Crippen molar-refractivity contribution in [2.24, 2.45) is 5.92 Å². The van der Waals surface area contributed by atoms with Gasteiger partial charge in [0.15, 0.2) is 0 Å². The number of aromatic nitrogens is 2. The van der Waals surface area contributed by atoms with Crippen LogP contribution in [0.25, 0.3) is 0 Å². The fraction of sp³-hybridized carbons (Fsp3) is 0.370. The standard InChI is InChI=1S/C27H31N5O/c1-21-4-2-5-24(14-21)17-31-13-3-6-25(19-31)27(33)30-12-11-26-16-29-20-32(26)18-23-9-7-22(15-28)8-10-23/h2,4-5,7-10,14,16,20,25H,3,6,11-13,17-19H2,1H3,(H,30,33)/t25-/m0/s1. The lowest BCUT2D eigenvalue weighted by Crippen LogP contribution is -2.43. The second-order valence-corrected chi connectivity index (χ2v) is 8.93. The molecule has 1 aromatic heterocycles. The van der Waals surface area contributed by atoms with Crippen LogP contribution in [0, 0.1) is 24.2 Å². The highest BCUT2D eigenvalue weighted by molar-refractivity contribution is 5.78. The van der Waals surface area contributed by atoms with Gasteiger partial charge in [0.05, 0.1) is 23.9 Å².